The SMILES string of the molecule is CC(C)(C)OC(=O)NC1(C(=O)O)CN(C(=O)O)C1. The van der Waals surface area contributed by atoms with E-state index in [4.69, 9.17) is 14.9 Å². The summed E-state index contributed by atoms with van der Waals surface area (Å²) in [6.45, 7) is 4.34. The van der Waals surface area contributed by atoms with E-state index in [1.165, 1.54) is 0 Å². The number of nitrogens with one attached hydrogen (secondary N) is 1. The summed E-state index contributed by atoms with van der Waals surface area (Å²) >= 11 is 0. The zero-order chi connectivity index (χ0) is 14.1. The molecule has 102 valence electrons. The lowest BCUT2D eigenvalue weighted by molar-refractivity contribution is -0.151. The topological polar surface area (TPSA) is 116 Å². The summed E-state index contributed by atoms with van der Waals surface area (Å²) in [5.41, 5.74) is -2.35. The average molecular weight is 260 g/mol. The summed E-state index contributed by atoms with van der Waals surface area (Å²) in [6, 6.07) is 0. The Morgan fingerprint density at radius 1 is 1.22 bits per heavy atom. The Labute approximate surface area is 104 Å². The highest BCUT2D eigenvalue weighted by molar-refractivity contribution is 5.88. The van der Waals surface area contributed by atoms with Crippen molar-refractivity contribution in [3.05, 3.63) is 0 Å². The second-order valence-electron chi connectivity index (χ2n) is 5.15. The molecule has 0 atom stereocenters. The first-order valence-electron chi connectivity index (χ1n) is 5.28. The summed E-state index contributed by atoms with van der Waals surface area (Å²) in [6.07, 6.45) is -2.10. The van der Waals surface area contributed by atoms with Gasteiger partial charge in [-0.05, 0) is 20.8 Å². The summed E-state index contributed by atoms with van der Waals surface area (Å²) in [5.74, 6) is -1.29. The lowest BCUT2D eigenvalue weighted by Crippen LogP contribution is -2.75. The number of likely N-dealkylation sites (tertiary alicyclic amines) is 1. The van der Waals surface area contributed by atoms with Gasteiger partial charge in [-0.25, -0.2) is 14.4 Å². The summed E-state index contributed by atoms with van der Waals surface area (Å²) in [4.78, 5) is 34.1. The van der Waals surface area contributed by atoms with E-state index < -0.39 is 29.3 Å². The lowest BCUT2D eigenvalue weighted by Gasteiger charge is -2.45. The normalized spacial score (nSPS) is 17.6. The van der Waals surface area contributed by atoms with Crippen LogP contribution in [0.2, 0.25) is 0 Å². The molecular weight excluding hydrogens is 244 g/mol. The van der Waals surface area contributed by atoms with Gasteiger partial charge in [-0.3, -0.25) is 0 Å². The third kappa shape index (κ3) is 3.02. The molecule has 1 aliphatic rings. The first-order chi connectivity index (χ1) is 8.06. The van der Waals surface area contributed by atoms with Crippen molar-refractivity contribution in [3.8, 4) is 0 Å². The summed E-state index contributed by atoms with van der Waals surface area (Å²) in [7, 11) is 0. The largest absolute Gasteiger partial charge is 0.479 e. The average Bonchev–Trinajstić information content (AvgIpc) is 2.05. The second kappa shape index (κ2) is 4.35. The minimum absolute atomic E-state index is 0.295. The molecule has 18 heavy (non-hydrogen) atoms. The monoisotopic (exact) mass is 260 g/mol. The highest BCUT2D eigenvalue weighted by atomic mass is 16.6. The van der Waals surface area contributed by atoms with Crippen molar-refractivity contribution in [2.75, 3.05) is 13.1 Å². The minimum Gasteiger partial charge on any atom is -0.479 e. The van der Waals surface area contributed by atoms with Crippen molar-refractivity contribution in [2.24, 2.45) is 0 Å². The Balaban J connectivity index is 2.65. The molecule has 0 bridgehead atoms. The third-order valence-electron chi connectivity index (χ3n) is 2.34. The molecule has 1 fully saturated rings. The lowest BCUT2D eigenvalue weighted by atomic mass is 9.90. The van der Waals surface area contributed by atoms with Crippen LogP contribution in [0.5, 0.6) is 0 Å². The zero-order valence-electron chi connectivity index (χ0n) is 10.4. The molecule has 8 heteroatoms. The van der Waals surface area contributed by atoms with Gasteiger partial charge in [0, 0.05) is 0 Å². The van der Waals surface area contributed by atoms with Gasteiger partial charge in [-0.1, -0.05) is 0 Å². The van der Waals surface area contributed by atoms with E-state index in [1.54, 1.807) is 20.8 Å². The standard InChI is InChI=1S/C10H16N2O6/c1-9(2,3)18-7(15)11-10(6(13)14)4-12(5-10)8(16)17/h4-5H2,1-3H3,(H,11,15)(H,13,14)(H,16,17). The van der Waals surface area contributed by atoms with Crippen molar-refractivity contribution in [1.82, 2.24) is 10.2 Å². The van der Waals surface area contributed by atoms with Crippen molar-refractivity contribution in [1.29, 1.82) is 0 Å². The smallest absolute Gasteiger partial charge is 0.408 e. The molecule has 1 heterocycles. The number of hydrogen-bond donors (Lipinski definition) is 3. The molecule has 1 aliphatic heterocycles. The van der Waals surface area contributed by atoms with Gasteiger partial charge in [-0.15, -0.1) is 0 Å². The van der Waals surface area contributed by atoms with Crippen molar-refractivity contribution in [2.45, 2.75) is 31.9 Å². The Hall–Kier alpha value is -1.99. The molecule has 0 saturated carbocycles. The quantitative estimate of drug-likeness (QED) is 0.658. The van der Waals surface area contributed by atoms with Crippen LogP contribution in [0.15, 0.2) is 0 Å². The number of carboxylic acids is 1. The van der Waals surface area contributed by atoms with E-state index in [1.807, 2.05) is 0 Å². The predicted molar refractivity (Wildman–Crippen MR) is 59.3 cm³/mol. The van der Waals surface area contributed by atoms with Crippen LogP contribution in [0.1, 0.15) is 20.8 Å². The zero-order valence-corrected chi connectivity index (χ0v) is 10.4. The van der Waals surface area contributed by atoms with Crippen LogP contribution < -0.4 is 5.32 Å². The van der Waals surface area contributed by atoms with Gasteiger partial charge in [0.1, 0.15) is 5.60 Å². The number of aliphatic carboxylic acids is 1. The third-order valence-corrected chi connectivity index (χ3v) is 2.34. The number of amides is 2. The first-order valence-corrected chi connectivity index (χ1v) is 5.28. The van der Waals surface area contributed by atoms with Crippen molar-refractivity contribution in [3.63, 3.8) is 0 Å². The maximum atomic E-state index is 11.5. The predicted octanol–water partition coefficient (Wildman–Crippen LogP) is 0.328. The molecule has 0 aromatic heterocycles. The van der Waals surface area contributed by atoms with Gasteiger partial charge in [-0.2, -0.15) is 0 Å². The van der Waals surface area contributed by atoms with Crippen LogP contribution in [-0.2, 0) is 9.53 Å². The van der Waals surface area contributed by atoms with Crippen molar-refractivity contribution >= 4 is 18.2 Å². The van der Waals surface area contributed by atoms with E-state index in [9.17, 15) is 14.4 Å². The van der Waals surface area contributed by atoms with Gasteiger partial charge >= 0.3 is 18.2 Å². The molecule has 0 aliphatic carbocycles. The highest BCUT2D eigenvalue weighted by Crippen LogP contribution is 2.22. The number of hydrogen-bond acceptors (Lipinski definition) is 4. The van der Waals surface area contributed by atoms with Gasteiger partial charge in [0.25, 0.3) is 0 Å². The maximum Gasteiger partial charge on any atom is 0.408 e. The van der Waals surface area contributed by atoms with Crippen LogP contribution in [0.25, 0.3) is 0 Å². The Bertz CT molecular complexity index is 380. The molecule has 0 spiro atoms. The molecule has 0 aromatic rings. The fourth-order valence-electron chi connectivity index (χ4n) is 1.51. The summed E-state index contributed by atoms with van der Waals surface area (Å²) < 4.78 is 4.94. The molecule has 0 radical (unpaired) electrons. The van der Waals surface area contributed by atoms with Crippen LogP contribution in [0, 0.1) is 0 Å². The van der Waals surface area contributed by atoms with E-state index in [0.717, 1.165) is 4.90 Å². The fraction of sp³-hybridized carbons (Fsp3) is 0.700. The second-order valence-corrected chi connectivity index (χ2v) is 5.15. The molecular formula is C10H16N2O6. The molecule has 2 amide bonds. The van der Waals surface area contributed by atoms with Crippen LogP contribution in [0.3, 0.4) is 0 Å². The maximum absolute atomic E-state index is 11.5. The van der Waals surface area contributed by atoms with Crippen LogP contribution in [0.4, 0.5) is 9.59 Å². The summed E-state index contributed by atoms with van der Waals surface area (Å²) in [5, 5.41) is 19.9. The van der Waals surface area contributed by atoms with E-state index in [0.29, 0.717) is 0 Å². The van der Waals surface area contributed by atoms with Gasteiger partial charge in [0.05, 0.1) is 13.1 Å². The molecule has 3 N–H and O–H groups in total. The molecule has 1 rings (SSSR count). The molecule has 0 aromatic carbocycles. The fourth-order valence-corrected chi connectivity index (χ4v) is 1.51. The number of rotatable bonds is 2. The number of carbonyl (C=O) groups excluding carboxylic acids is 1. The van der Waals surface area contributed by atoms with Crippen LogP contribution in [-0.4, -0.2) is 57.5 Å². The highest BCUT2D eigenvalue weighted by Gasteiger charge is 2.53. The van der Waals surface area contributed by atoms with E-state index >= 15 is 0 Å². The number of ether oxygens (including phenoxy) is 1. The number of carboxylic acid groups (broad SMARTS) is 2. The Kier molecular flexibility index (Phi) is 3.40. The Morgan fingerprint density at radius 2 is 1.72 bits per heavy atom. The van der Waals surface area contributed by atoms with Crippen LogP contribution >= 0.6 is 0 Å². The Morgan fingerprint density at radius 3 is 2.06 bits per heavy atom. The minimum atomic E-state index is -1.60. The van der Waals surface area contributed by atoms with Gasteiger partial charge in [0.2, 0.25) is 0 Å². The van der Waals surface area contributed by atoms with Crippen molar-refractivity contribution < 1.29 is 29.3 Å². The molecule has 0 unspecified atom stereocenters. The molecule has 8 nitrogen and oxygen atoms in total. The number of carbonyl (C=O) groups is 3. The number of alkyl carbamates (subject to hydrolysis) is 1. The van der Waals surface area contributed by atoms with E-state index in [-0.39, 0.29) is 13.1 Å². The van der Waals surface area contributed by atoms with Gasteiger partial charge < -0.3 is 25.2 Å². The first kappa shape index (κ1) is 14.1. The molecule has 1 saturated heterocycles. The van der Waals surface area contributed by atoms with E-state index in [2.05, 4.69) is 5.32 Å². The van der Waals surface area contributed by atoms with Gasteiger partial charge in [0.15, 0.2) is 5.54 Å². The number of nitrogens with zero attached hydrogens (tertiary/aromatic N) is 1.